The minimum Gasteiger partial charge on any atom is -0.748 e. The van der Waals surface area contributed by atoms with Gasteiger partial charge in [-0.3, -0.25) is 0 Å². The van der Waals surface area contributed by atoms with Crippen LogP contribution in [0, 0.1) is 0 Å². The third-order valence-corrected chi connectivity index (χ3v) is 13.9. The molecular weight excluding hydrogens is 606 g/mol. The number of piperazine rings is 2. The van der Waals surface area contributed by atoms with Crippen LogP contribution in [0.5, 0.6) is 0 Å². The van der Waals surface area contributed by atoms with Crippen LogP contribution in [-0.4, -0.2) is 61.7 Å². The molecular formula is C36H64FeN4P2-6. The minimum absolute atomic E-state index is 0. The van der Waals surface area contributed by atoms with Crippen LogP contribution in [0.3, 0.4) is 0 Å². The van der Waals surface area contributed by atoms with Crippen LogP contribution in [0.25, 0.3) is 0 Å². The maximum Gasteiger partial charge on any atom is 0.0319 e. The summed E-state index contributed by atoms with van der Waals surface area (Å²) in [6.07, 6.45) is 1.18. The monoisotopic (exact) mass is 670 g/mol. The Balaban J connectivity index is 0.000000973. The molecule has 4 nitrogen and oxygen atoms in total. The van der Waals surface area contributed by atoms with Crippen molar-refractivity contribution in [3.05, 3.63) is 58.7 Å². The predicted molar refractivity (Wildman–Crippen MR) is 192 cm³/mol. The molecule has 252 valence electrons. The van der Waals surface area contributed by atoms with Gasteiger partial charge in [0, 0.05) is 73.6 Å². The van der Waals surface area contributed by atoms with Crippen LogP contribution in [0.1, 0.15) is 105 Å². The molecule has 3 unspecified atom stereocenters. The van der Waals surface area contributed by atoms with Gasteiger partial charge in [-0.2, -0.15) is 16.7 Å². The van der Waals surface area contributed by atoms with Gasteiger partial charge in [0.25, 0.3) is 0 Å². The van der Waals surface area contributed by atoms with Crippen molar-refractivity contribution in [1.29, 1.82) is 0 Å². The maximum atomic E-state index is 3.96. The van der Waals surface area contributed by atoms with Crippen molar-refractivity contribution >= 4 is 17.2 Å². The Morgan fingerprint density at radius 3 is 1.44 bits per heavy atom. The van der Waals surface area contributed by atoms with E-state index < -0.39 is 0 Å². The van der Waals surface area contributed by atoms with Crippen LogP contribution in [-0.2, 0) is 39.2 Å². The first kappa shape index (κ1) is 39.1. The zero-order valence-electron chi connectivity index (χ0n) is 29.4. The van der Waals surface area contributed by atoms with Crippen LogP contribution < -0.4 is 21.3 Å². The summed E-state index contributed by atoms with van der Waals surface area (Å²) in [7, 11) is 3.16. The fraction of sp³-hybridized carbons (Fsp3) is 0.722. The molecule has 2 aromatic rings. The predicted octanol–water partition coefficient (Wildman–Crippen LogP) is 7.18. The zero-order chi connectivity index (χ0) is 31.6. The van der Waals surface area contributed by atoms with Gasteiger partial charge in [0.1, 0.15) is 0 Å². The summed E-state index contributed by atoms with van der Waals surface area (Å²) in [5.41, 5.74) is 6.52. The molecule has 0 bridgehead atoms. The molecule has 2 saturated heterocycles. The Kier molecular flexibility index (Phi) is 13.8. The van der Waals surface area contributed by atoms with Crippen molar-refractivity contribution in [3.63, 3.8) is 0 Å². The summed E-state index contributed by atoms with van der Waals surface area (Å²) in [4.78, 5) is 0. The second kappa shape index (κ2) is 15.2. The first-order chi connectivity index (χ1) is 19.3. The Morgan fingerprint density at radius 2 is 1.14 bits per heavy atom. The van der Waals surface area contributed by atoms with Gasteiger partial charge in [-0.25, -0.2) is 6.07 Å². The molecule has 0 aromatic heterocycles. The first-order valence-electron chi connectivity index (χ1n) is 16.2. The van der Waals surface area contributed by atoms with Gasteiger partial charge in [-0.05, 0) is 15.7 Å². The average molecular weight is 671 g/mol. The third kappa shape index (κ3) is 9.72. The molecule has 2 aliphatic rings. The first-order valence-corrected chi connectivity index (χ1v) is 18.3. The number of rotatable bonds is 5. The second-order valence-corrected chi connectivity index (χ2v) is 21.4. The number of hydrogen-bond donors (Lipinski definition) is 4. The molecule has 0 spiro atoms. The van der Waals surface area contributed by atoms with Gasteiger partial charge < -0.3 is 51.6 Å². The molecule has 0 aliphatic carbocycles. The van der Waals surface area contributed by atoms with E-state index in [1.807, 2.05) is 30.3 Å². The summed E-state index contributed by atoms with van der Waals surface area (Å²) in [5, 5.41) is 15.8. The van der Waals surface area contributed by atoms with Gasteiger partial charge in [0.05, 0.1) is 0 Å². The van der Waals surface area contributed by atoms with Crippen molar-refractivity contribution in [1.82, 2.24) is 21.3 Å². The standard InChI is InChI=1S/C31H59N4P2.C5H5.Fe/c1-27(2,3)23-17-22(31(36,24-18-32-13-15-34-24)25-19-33-14-16-35-25)21(26(23)28(4,5)6)20-37(29(7,8)9)30(10,11)12;1-2-4-5-3-1;/h17,24-25,32-35H,13-16,18-20,36H2,1-12H3;1-5H;/q-1;-5;. The van der Waals surface area contributed by atoms with E-state index in [0.29, 0.717) is 12.1 Å². The van der Waals surface area contributed by atoms with Crippen LogP contribution in [0.2, 0.25) is 0 Å². The van der Waals surface area contributed by atoms with E-state index >= 15 is 0 Å². The molecule has 2 fully saturated rings. The molecule has 3 atom stereocenters. The van der Waals surface area contributed by atoms with E-state index in [9.17, 15) is 0 Å². The smallest absolute Gasteiger partial charge is 0.0319 e. The SMILES string of the molecule is CC(C)(C)c1cc(C(P)(C2CNCCN2)C2CNCCN2)[c-](CP(C(C)(C)C)C(C)(C)C)c1C(C)(C)C.[Fe].[cH-]1[cH-][cH-][cH-][cH-]1. The van der Waals surface area contributed by atoms with Gasteiger partial charge in [-0.1, -0.05) is 94.7 Å². The van der Waals surface area contributed by atoms with Crippen molar-refractivity contribution in [3.8, 4) is 0 Å². The number of hydrogen-bond acceptors (Lipinski definition) is 4. The Morgan fingerprint density at radius 1 is 0.721 bits per heavy atom. The molecule has 4 N–H and O–H groups in total. The normalized spacial score (nSPS) is 21.9. The molecule has 0 amide bonds. The van der Waals surface area contributed by atoms with Gasteiger partial charge in [0.2, 0.25) is 0 Å². The summed E-state index contributed by atoms with van der Waals surface area (Å²) in [6, 6.07) is 13.3. The van der Waals surface area contributed by atoms with Gasteiger partial charge in [-0.15, -0.1) is 22.7 Å². The molecule has 4 rings (SSSR count). The fourth-order valence-corrected chi connectivity index (χ4v) is 11.5. The van der Waals surface area contributed by atoms with Crippen molar-refractivity contribution in [2.45, 2.75) is 128 Å². The van der Waals surface area contributed by atoms with Crippen LogP contribution in [0.15, 0.2) is 36.4 Å². The van der Waals surface area contributed by atoms with Gasteiger partial charge in [0.15, 0.2) is 0 Å². The Labute approximate surface area is 280 Å². The van der Waals surface area contributed by atoms with E-state index in [-0.39, 0.29) is 51.3 Å². The third-order valence-electron chi connectivity index (χ3n) is 8.94. The topological polar surface area (TPSA) is 48.1 Å². The van der Waals surface area contributed by atoms with Crippen LogP contribution in [0.4, 0.5) is 0 Å². The molecule has 2 heterocycles. The summed E-state index contributed by atoms with van der Waals surface area (Å²) in [6.45, 7) is 35.5. The Bertz CT molecular complexity index is 1040. The summed E-state index contributed by atoms with van der Waals surface area (Å²) >= 11 is 0. The van der Waals surface area contributed by atoms with Gasteiger partial charge >= 0.3 is 0 Å². The molecule has 0 radical (unpaired) electrons. The average Bonchev–Trinajstić information content (AvgIpc) is 3.58. The molecule has 2 aromatic carbocycles. The molecule has 7 heteroatoms. The fourth-order valence-electron chi connectivity index (χ4n) is 7.16. The number of nitrogens with one attached hydrogen (secondary N) is 4. The maximum absolute atomic E-state index is 3.96. The minimum atomic E-state index is -0.284. The molecule has 2 aliphatic heterocycles. The van der Waals surface area contributed by atoms with Crippen molar-refractivity contribution in [2.75, 3.05) is 39.3 Å². The van der Waals surface area contributed by atoms with E-state index in [1.54, 1.807) is 22.3 Å². The second-order valence-electron chi connectivity index (χ2n) is 16.6. The Hall–Kier alpha value is -0.0805. The van der Waals surface area contributed by atoms with Crippen LogP contribution >= 0.6 is 17.2 Å². The quantitative estimate of drug-likeness (QED) is 0.155. The van der Waals surface area contributed by atoms with E-state index in [4.69, 9.17) is 0 Å². The van der Waals surface area contributed by atoms with E-state index in [1.165, 1.54) is 6.16 Å². The summed E-state index contributed by atoms with van der Waals surface area (Å²) < 4.78 is 0. The zero-order valence-corrected chi connectivity index (χ0v) is 32.6. The van der Waals surface area contributed by atoms with Crippen molar-refractivity contribution < 1.29 is 17.1 Å². The molecule has 43 heavy (non-hydrogen) atoms. The van der Waals surface area contributed by atoms with E-state index in [0.717, 1.165) is 39.3 Å². The largest absolute Gasteiger partial charge is 0.748 e. The summed E-state index contributed by atoms with van der Waals surface area (Å²) in [5.74, 6) is 0. The van der Waals surface area contributed by atoms with E-state index in [2.05, 4.69) is 120 Å². The van der Waals surface area contributed by atoms with Crippen molar-refractivity contribution in [2.24, 2.45) is 0 Å². The molecule has 0 saturated carbocycles.